The number of hydrogen-bond donors (Lipinski definition) is 1. The summed E-state index contributed by atoms with van der Waals surface area (Å²) in [6.07, 6.45) is 7.20. The highest BCUT2D eigenvalue weighted by Crippen LogP contribution is 2.23. The highest BCUT2D eigenvalue weighted by Gasteiger charge is 2.15. The quantitative estimate of drug-likeness (QED) is 0.854. The van der Waals surface area contributed by atoms with Gasteiger partial charge in [-0.1, -0.05) is 20.3 Å². The lowest BCUT2D eigenvalue weighted by Gasteiger charge is -2.22. The molecule has 1 aliphatic heterocycles. The predicted octanol–water partition coefficient (Wildman–Crippen LogP) is 2.95. The van der Waals surface area contributed by atoms with Crippen molar-refractivity contribution < 1.29 is 0 Å². The standard InChI is InChI=1S/C12H20N2S/c1-9(2)11-8-14-12(15-11)7-10-5-3-4-6-13-10/h8-10,13H,3-7H2,1-2H3. The molecule has 0 aromatic carbocycles. The normalized spacial score (nSPS) is 22.2. The summed E-state index contributed by atoms with van der Waals surface area (Å²) >= 11 is 1.88. The van der Waals surface area contributed by atoms with Crippen LogP contribution in [0.5, 0.6) is 0 Å². The summed E-state index contributed by atoms with van der Waals surface area (Å²) in [5, 5.41) is 4.88. The highest BCUT2D eigenvalue weighted by molar-refractivity contribution is 7.11. The molecule has 0 aliphatic carbocycles. The Balaban J connectivity index is 1.91. The van der Waals surface area contributed by atoms with Gasteiger partial charge in [-0.15, -0.1) is 11.3 Å². The van der Waals surface area contributed by atoms with Gasteiger partial charge >= 0.3 is 0 Å². The van der Waals surface area contributed by atoms with Crippen LogP contribution in [0.15, 0.2) is 6.20 Å². The number of hydrogen-bond acceptors (Lipinski definition) is 3. The fourth-order valence-corrected chi connectivity index (χ4v) is 3.00. The number of aromatic nitrogens is 1. The molecule has 84 valence electrons. The molecule has 1 unspecified atom stereocenters. The van der Waals surface area contributed by atoms with Crippen LogP contribution in [0.3, 0.4) is 0 Å². The third-order valence-electron chi connectivity index (χ3n) is 2.97. The van der Waals surface area contributed by atoms with Crippen molar-refractivity contribution in [3.63, 3.8) is 0 Å². The molecule has 1 aromatic heterocycles. The molecule has 1 N–H and O–H groups in total. The highest BCUT2D eigenvalue weighted by atomic mass is 32.1. The van der Waals surface area contributed by atoms with Crippen molar-refractivity contribution in [1.29, 1.82) is 0 Å². The topological polar surface area (TPSA) is 24.9 Å². The van der Waals surface area contributed by atoms with E-state index in [4.69, 9.17) is 0 Å². The Labute approximate surface area is 96.1 Å². The van der Waals surface area contributed by atoms with Gasteiger partial charge in [-0.25, -0.2) is 4.98 Å². The van der Waals surface area contributed by atoms with Crippen LogP contribution < -0.4 is 5.32 Å². The zero-order valence-corrected chi connectivity index (χ0v) is 10.4. The minimum Gasteiger partial charge on any atom is -0.314 e. The lowest BCUT2D eigenvalue weighted by Crippen LogP contribution is -2.35. The van der Waals surface area contributed by atoms with E-state index in [1.807, 2.05) is 17.5 Å². The first-order chi connectivity index (χ1) is 7.25. The van der Waals surface area contributed by atoms with Crippen LogP contribution in [0, 0.1) is 0 Å². The van der Waals surface area contributed by atoms with Crippen LogP contribution in [0.2, 0.25) is 0 Å². The number of nitrogens with zero attached hydrogens (tertiary/aromatic N) is 1. The molecule has 1 aliphatic rings. The molecule has 0 saturated carbocycles. The van der Waals surface area contributed by atoms with Gasteiger partial charge < -0.3 is 5.32 Å². The molecule has 0 amide bonds. The fourth-order valence-electron chi connectivity index (χ4n) is 1.99. The van der Waals surface area contributed by atoms with E-state index in [1.54, 1.807) is 0 Å². The lowest BCUT2D eigenvalue weighted by molar-refractivity contribution is 0.399. The maximum atomic E-state index is 4.51. The first-order valence-corrected chi connectivity index (χ1v) is 6.75. The Bertz CT molecular complexity index is 300. The van der Waals surface area contributed by atoms with Gasteiger partial charge in [0.1, 0.15) is 0 Å². The van der Waals surface area contributed by atoms with Gasteiger partial charge in [0.2, 0.25) is 0 Å². The number of piperidine rings is 1. The van der Waals surface area contributed by atoms with Crippen molar-refractivity contribution in [3.8, 4) is 0 Å². The molecule has 2 nitrogen and oxygen atoms in total. The maximum absolute atomic E-state index is 4.51. The van der Waals surface area contributed by atoms with Gasteiger partial charge in [0.05, 0.1) is 5.01 Å². The monoisotopic (exact) mass is 224 g/mol. The van der Waals surface area contributed by atoms with E-state index < -0.39 is 0 Å². The molecule has 1 aromatic rings. The largest absolute Gasteiger partial charge is 0.314 e. The molecule has 0 bridgehead atoms. The summed E-state index contributed by atoms with van der Waals surface area (Å²) < 4.78 is 0. The minimum atomic E-state index is 0.621. The summed E-state index contributed by atoms with van der Waals surface area (Å²) in [5.74, 6) is 0.621. The first kappa shape index (κ1) is 11.1. The zero-order chi connectivity index (χ0) is 10.7. The van der Waals surface area contributed by atoms with Gasteiger partial charge in [-0.2, -0.15) is 0 Å². The summed E-state index contributed by atoms with van der Waals surface area (Å²) in [7, 11) is 0. The van der Waals surface area contributed by atoms with Crippen molar-refractivity contribution in [2.24, 2.45) is 0 Å². The van der Waals surface area contributed by atoms with Gasteiger partial charge in [0, 0.05) is 23.5 Å². The summed E-state index contributed by atoms with van der Waals surface area (Å²) in [4.78, 5) is 5.93. The molecule has 15 heavy (non-hydrogen) atoms. The van der Waals surface area contributed by atoms with Crippen LogP contribution in [-0.2, 0) is 6.42 Å². The molecule has 2 rings (SSSR count). The van der Waals surface area contributed by atoms with Gasteiger partial charge in [-0.3, -0.25) is 0 Å². The van der Waals surface area contributed by atoms with E-state index in [0.29, 0.717) is 12.0 Å². The van der Waals surface area contributed by atoms with Gasteiger partial charge in [0.25, 0.3) is 0 Å². The minimum absolute atomic E-state index is 0.621. The Morgan fingerprint density at radius 1 is 1.53 bits per heavy atom. The third-order valence-corrected chi connectivity index (χ3v) is 4.29. The van der Waals surface area contributed by atoms with Crippen molar-refractivity contribution in [2.45, 2.75) is 51.5 Å². The van der Waals surface area contributed by atoms with E-state index in [9.17, 15) is 0 Å². The summed E-state index contributed by atoms with van der Waals surface area (Å²) in [6, 6.07) is 0.671. The molecular formula is C12H20N2S. The third kappa shape index (κ3) is 3.02. The van der Waals surface area contributed by atoms with E-state index >= 15 is 0 Å². The molecule has 1 fully saturated rings. The Kier molecular flexibility index (Phi) is 3.76. The van der Waals surface area contributed by atoms with Crippen LogP contribution in [-0.4, -0.2) is 17.6 Å². The van der Waals surface area contributed by atoms with Gasteiger partial charge in [-0.05, 0) is 25.3 Å². The predicted molar refractivity (Wildman–Crippen MR) is 65.5 cm³/mol. The Hall–Kier alpha value is -0.410. The second-order valence-electron chi connectivity index (χ2n) is 4.66. The lowest BCUT2D eigenvalue weighted by atomic mass is 10.0. The van der Waals surface area contributed by atoms with Crippen molar-refractivity contribution in [1.82, 2.24) is 10.3 Å². The van der Waals surface area contributed by atoms with Crippen LogP contribution in [0.1, 0.15) is 48.9 Å². The van der Waals surface area contributed by atoms with Gasteiger partial charge in [0.15, 0.2) is 0 Å². The smallest absolute Gasteiger partial charge is 0.0943 e. The van der Waals surface area contributed by atoms with Crippen LogP contribution >= 0.6 is 11.3 Å². The van der Waals surface area contributed by atoms with Crippen LogP contribution in [0.25, 0.3) is 0 Å². The average Bonchev–Trinajstić information content (AvgIpc) is 2.68. The summed E-state index contributed by atoms with van der Waals surface area (Å²) in [6.45, 7) is 5.65. The number of nitrogens with one attached hydrogen (secondary N) is 1. The Morgan fingerprint density at radius 3 is 3.00 bits per heavy atom. The second-order valence-corrected chi connectivity index (χ2v) is 5.81. The molecule has 0 spiro atoms. The van der Waals surface area contributed by atoms with Crippen molar-refractivity contribution in [2.75, 3.05) is 6.54 Å². The number of rotatable bonds is 3. The van der Waals surface area contributed by atoms with Crippen molar-refractivity contribution in [3.05, 3.63) is 16.1 Å². The van der Waals surface area contributed by atoms with Crippen molar-refractivity contribution >= 4 is 11.3 Å². The van der Waals surface area contributed by atoms with Crippen LogP contribution in [0.4, 0.5) is 0 Å². The van der Waals surface area contributed by atoms with E-state index in [2.05, 4.69) is 24.1 Å². The Morgan fingerprint density at radius 2 is 2.40 bits per heavy atom. The van der Waals surface area contributed by atoms with E-state index in [0.717, 1.165) is 6.42 Å². The molecule has 3 heteroatoms. The molecule has 2 heterocycles. The van der Waals surface area contributed by atoms with E-state index in [1.165, 1.54) is 35.7 Å². The summed E-state index contributed by atoms with van der Waals surface area (Å²) in [5.41, 5.74) is 0. The molecule has 0 radical (unpaired) electrons. The first-order valence-electron chi connectivity index (χ1n) is 5.93. The molecular weight excluding hydrogens is 204 g/mol. The fraction of sp³-hybridized carbons (Fsp3) is 0.750. The van der Waals surface area contributed by atoms with E-state index in [-0.39, 0.29) is 0 Å². The maximum Gasteiger partial charge on any atom is 0.0943 e. The average molecular weight is 224 g/mol. The molecule has 1 atom stereocenters. The molecule has 1 saturated heterocycles. The second kappa shape index (κ2) is 5.08. The zero-order valence-electron chi connectivity index (χ0n) is 9.62. The number of thiazole rings is 1. The SMILES string of the molecule is CC(C)c1cnc(CC2CCCCN2)s1.